The fraction of sp³-hybridized carbons (Fsp3) is 0.458. The van der Waals surface area contributed by atoms with Crippen molar-refractivity contribution >= 4 is 15.9 Å². The minimum atomic E-state index is -3.56. The standard InChI is InChI=1S/C24H33N3O3S/c1-19(2)26-31(29,30)23-12-10-22(11-13-23)24(28)25-17-20-8-7-9-21(16-20)18-27-14-5-3-4-6-15-27/h7-13,16,19,26H,3-6,14-15,17-18H2,1-2H3,(H,25,28). The summed E-state index contributed by atoms with van der Waals surface area (Å²) in [4.78, 5) is 15.2. The van der Waals surface area contributed by atoms with E-state index in [1.54, 1.807) is 26.0 Å². The number of sulfonamides is 1. The van der Waals surface area contributed by atoms with Gasteiger partial charge in [-0.15, -0.1) is 0 Å². The fourth-order valence-corrected chi connectivity index (χ4v) is 5.09. The zero-order chi connectivity index (χ0) is 22.3. The van der Waals surface area contributed by atoms with Gasteiger partial charge in [-0.3, -0.25) is 9.69 Å². The van der Waals surface area contributed by atoms with Crippen LogP contribution in [0.1, 0.15) is 61.0 Å². The van der Waals surface area contributed by atoms with Gasteiger partial charge >= 0.3 is 0 Å². The maximum absolute atomic E-state index is 12.5. The van der Waals surface area contributed by atoms with Crippen molar-refractivity contribution in [2.45, 2.75) is 63.6 Å². The van der Waals surface area contributed by atoms with E-state index in [4.69, 9.17) is 0 Å². The Morgan fingerprint density at radius 1 is 0.968 bits per heavy atom. The van der Waals surface area contributed by atoms with Crippen molar-refractivity contribution < 1.29 is 13.2 Å². The molecule has 0 saturated carbocycles. The van der Waals surface area contributed by atoms with E-state index in [2.05, 4.69) is 27.1 Å². The third kappa shape index (κ3) is 7.16. The Morgan fingerprint density at radius 3 is 2.26 bits per heavy atom. The minimum absolute atomic E-state index is 0.152. The Morgan fingerprint density at radius 2 is 1.61 bits per heavy atom. The Bertz CT molecular complexity index is 964. The summed E-state index contributed by atoms with van der Waals surface area (Å²) in [6.45, 7) is 7.22. The van der Waals surface area contributed by atoms with Gasteiger partial charge in [0.1, 0.15) is 0 Å². The van der Waals surface area contributed by atoms with Gasteiger partial charge in [-0.05, 0) is 75.2 Å². The van der Waals surface area contributed by atoms with Crippen molar-refractivity contribution in [1.82, 2.24) is 14.9 Å². The predicted octanol–water partition coefficient (Wildman–Crippen LogP) is 3.68. The van der Waals surface area contributed by atoms with Crippen molar-refractivity contribution in [1.29, 1.82) is 0 Å². The van der Waals surface area contributed by atoms with Crippen LogP contribution in [-0.4, -0.2) is 38.4 Å². The van der Waals surface area contributed by atoms with E-state index in [1.807, 2.05) is 12.1 Å². The van der Waals surface area contributed by atoms with Gasteiger partial charge in [-0.1, -0.05) is 37.1 Å². The van der Waals surface area contributed by atoms with Crippen molar-refractivity contribution in [3.63, 3.8) is 0 Å². The zero-order valence-electron chi connectivity index (χ0n) is 18.4. The van der Waals surface area contributed by atoms with Gasteiger partial charge in [0.25, 0.3) is 5.91 Å². The van der Waals surface area contributed by atoms with Crippen LogP contribution < -0.4 is 10.0 Å². The Balaban J connectivity index is 1.57. The van der Waals surface area contributed by atoms with Crippen LogP contribution in [0.2, 0.25) is 0 Å². The third-order valence-electron chi connectivity index (χ3n) is 5.37. The largest absolute Gasteiger partial charge is 0.348 e. The van der Waals surface area contributed by atoms with Crippen LogP contribution in [0, 0.1) is 0 Å². The first-order chi connectivity index (χ1) is 14.8. The number of nitrogens with one attached hydrogen (secondary N) is 2. The summed E-state index contributed by atoms with van der Waals surface area (Å²) in [7, 11) is -3.56. The number of likely N-dealkylation sites (tertiary alicyclic amines) is 1. The highest BCUT2D eigenvalue weighted by atomic mass is 32.2. The molecule has 0 bridgehead atoms. The summed E-state index contributed by atoms with van der Waals surface area (Å²) in [6.07, 6.45) is 5.18. The Kier molecular flexibility index (Phi) is 8.23. The van der Waals surface area contributed by atoms with Crippen LogP contribution >= 0.6 is 0 Å². The van der Waals surface area contributed by atoms with E-state index < -0.39 is 10.0 Å². The van der Waals surface area contributed by atoms with Crippen molar-refractivity contribution in [3.05, 3.63) is 65.2 Å². The zero-order valence-corrected chi connectivity index (χ0v) is 19.2. The van der Waals surface area contributed by atoms with E-state index in [1.165, 1.54) is 43.4 Å². The Labute approximate surface area is 186 Å². The van der Waals surface area contributed by atoms with Gasteiger partial charge < -0.3 is 5.32 Å². The van der Waals surface area contributed by atoms with E-state index in [0.29, 0.717) is 12.1 Å². The van der Waals surface area contributed by atoms with Crippen LogP contribution in [0.15, 0.2) is 53.4 Å². The van der Waals surface area contributed by atoms with Crippen molar-refractivity contribution in [2.24, 2.45) is 0 Å². The molecule has 1 aliphatic rings. The molecule has 2 aromatic carbocycles. The maximum Gasteiger partial charge on any atom is 0.251 e. The molecule has 0 radical (unpaired) electrons. The van der Waals surface area contributed by atoms with E-state index in [9.17, 15) is 13.2 Å². The highest BCUT2D eigenvalue weighted by Gasteiger charge is 2.16. The summed E-state index contributed by atoms with van der Waals surface area (Å²) >= 11 is 0. The number of amides is 1. The van der Waals surface area contributed by atoms with Crippen LogP contribution in [-0.2, 0) is 23.1 Å². The molecule has 1 saturated heterocycles. The molecule has 31 heavy (non-hydrogen) atoms. The predicted molar refractivity (Wildman–Crippen MR) is 123 cm³/mol. The number of hydrogen-bond acceptors (Lipinski definition) is 4. The molecule has 0 aromatic heterocycles. The second-order valence-electron chi connectivity index (χ2n) is 8.49. The monoisotopic (exact) mass is 443 g/mol. The van der Waals surface area contributed by atoms with Gasteiger partial charge in [0.05, 0.1) is 4.90 Å². The molecule has 3 rings (SSSR count). The van der Waals surface area contributed by atoms with Crippen molar-refractivity contribution in [3.8, 4) is 0 Å². The average molecular weight is 444 g/mol. The molecule has 168 valence electrons. The lowest BCUT2D eigenvalue weighted by molar-refractivity contribution is 0.0950. The maximum atomic E-state index is 12.5. The second kappa shape index (κ2) is 10.9. The molecule has 6 nitrogen and oxygen atoms in total. The Hall–Kier alpha value is -2.22. The second-order valence-corrected chi connectivity index (χ2v) is 10.2. The molecular weight excluding hydrogens is 410 g/mol. The molecule has 0 atom stereocenters. The van der Waals surface area contributed by atoms with E-state index >= 15 is 0 Å². The van der Waals surface area contributed by atoms with Crippen LogP contribution in [0.25, 0.3) is 0 Å². The first-order valence-corrected chi connectivity index (χ1v) is 12.5. The first-order valence-electron chi connectivity index (χ1n) is 11.0. The number of rotatable bonds is 8. The number of benzene rings is 2. The van der Waals surface area contributed by atoms with Gasteiger partial charge in [-0.2, -0.15) is 0 Å². The molecule has 7 heteroatoms. The third-order valence-corrected chi connectivity index (χ3v) is 7.04. The SMILES string of the molecule is CC(C)NS(=O)(=O)c1ccc(C(=O)NCc2cccc(CN3CCCCCC3)c2)cc1. The molecule has 2 aromatic rings. The highest BCUT2D eigenvalue weighted by Crippen LogP contribution is 2.15. The normalized spacial score (nSPS) is 15.6. The molecule has 1 amide bonds. The minimum Gasteiger partial charge on any atom is -0.348 e. The lowest BCUT2D eigenvalue weighted by Gasteiger charge is -2.20. The molecule has 0 aliphatic carbocycles. The molecule has 0 unspecified atom stereocenters. The van der Waals surface area contributed by atoms with Gasteiger partial charge in [0, 0.05) is 24.7 Å². The fourth-order valence-electron chi connectivity index (χ4n) is 3.84. The van der Waals surface area contributed by atoms with Gasteiger partial charge in [0.15, 0.2) is 0 Å². The average Bonchev–Trinajstić information content (AvgIpc) is 3.00. The smallest absolute Gasteiger partial charge is 0.251 e. The molecule has 1 aliphatic heterocycles. The topological polar surface area (TPSA) is 78.5 Å². The van der Waals surface area contributed by atoms with Crippen molar-refractivity contribution in [2.75, 3.05) is 13.1 Å². The van der Waals surface area contributed by atoms with E-state index in [-0.39, 0.29) is 16.8 Å². The van der Waals surface area contributed by atoms with Gasteiger partial charge in [-0.25, -0.2) is 13.1 Å². The number of carbonyl (C=O) groups excluding carboxylic acids is 1. The molecular formula is C24H33N3O3S. The van der Waals surface area contributed by atoms with Crippen LogP contribution in [0.3, 0.4) is 0 Å². The lowest BCUT2D eigenvalue weighted by atomic mass is 10.1. The highest BCUT2D eigenvalue weighted by molar-refractivity contribution is 7.89. The summed E-state index contributed by atoms with van der Waals surface area (Å²) in [5.41, 5.74) is 2.76. The van der Waals surface area contributed by atoms with E-state index in [0.717, 1.165) is 25.2 Å². The molecule has 2 N–H and O–H groups in total. The quantitative estimate of drug-likeness (QED) is 0.652. The summed E-state index contributed by atoms with van der Waals surface area (Å²) in [5, 5.41) is 2.93. The number of carbonyl (C=O) groups is 1. The lowest BCUT2D eigenvalue weighted by Crippen LogP contribution is -2.30. The summed E-state index contributed by atoms with van der Waals surface area (Å²) in [6, 6.07) is 14.2. The molecule has 1 heterocycles. The summed E-state index contributed by atoms with van der Waals surface area (Å²) < 4.78 is 27.0. The molecule has 0 spiro atoms. The number of hydrogen-bond donors (Lipinski definition) is 2. The number of nitrogens with zero attached hydrogens (tertiary/aromatic N) is 1. The van der Waals surface area contributed by atoms with Crippen LogP contribution in [0.4, 0.5) is 0 Å². The van der Waals surface area contributed by atoms with Gasteiger partial charge in [0.2, 0.25) is 10.0 Å². The van der Waals surface area contributed by atoms with Crippen LogP contribution in [0.5, 0.6) is 0 Å². The first kappa shape index (κ1) is 23.4. The summed E-state index contributed by atoms with van der Waals surface area (Å²) in [5.74, 6) is -0.223. The molecule has 1 fully saturated rings.